The van der Waals surface area contributed by atoms with Gasteiger partial charge in [-0.2, -0.15) is 0 Å². The fourth-order valence-corrected chi connectivity index (χ4v) is 4.86. The van der Waals surface area contributed by atoms with Crippen LogP contribution in [0.4, 0.5) is 5.69 Å². The first-order valence-electron chi connectivity index (χ1n) is 9.17. The zero-order valence-corrected chi connectivity index (χ0v) is 17.2. The van der Waals surface area contributed by atoms with Crippen LogP contribution in [-0.4, -0.2) is 17.0 Å². The van der Waals surface area contributed by atoms with Crippen molar-refractivity contribution in [1.82, 2.24) is 4.57 Å². The molecule has 4 aromatic rings. The zero-order valence-electron chi connectivity index (χ0n) is 15.6. The Hall–Kier alpha value is -2.63. The van der Waals surface area contributed by atoms with Crippen LogP contribution in [0.2, 0.25) is 5.02 Å². The summed E-state index contributed by atoms with van der Waals surface area (Å²) in [7, 11) is 0. The van der Waals surface area contributed by atoms with Gasteiger partial charge in [0, 0.05) is 33.9 Å². The van der Waals surface area contributed by atoms with Crippen LogP contribution in [0, 0.1) is 0 Å². The molecule has 0 aliphatic rings. The molecular weight excluding hydrogens is 392 g/mol. The summed E-state index contributed by atoms with van der Waals surface area (Å²) in [6.45, 7) is 4.97. The molecule has 2 heterocycles. The quantitative estimate of drug-likeness (QED) is 0.442. The van der Waals surface area contributed by atoms with E-state index in [9.17, 15) is 9.59 Å². The average Bonchev–Trinajstić information content (AvgIpc) is 3.15. The van der Waals surface area contributed by atoms with Crippen molar-refractivity contribution in [1.29, 1.82) is 0 Å². The minimum atomic E-state index is -0.127. The highest BCUT2D eigenvalue weighted by Gasteiger charge is 2.21. The van der Waals surface area contributed by atoms with Crippen LogP contribution < -0.4 is 10.5 Å². The van der Waals surface area contributed by atoms with Crippen molar-refractivity contribution in [3.8, 4) is 0 Å². The van der Waals surface area contributed by atoms with Crippen LogP contribution in [0.5, 0.6) is 0 Å². The fourth-order valence-electron chi connectivity index (χ4n) is 3.55. The number of rotatable bonds is 4. The van der Waals surface area contributed by atoms with Crippen LogP contribution >= 0.6 is 22.9 Å². The monoisotopic (exact) mass is 410 g/mol. The first-order chi connectivity index (χ1) is 13.5. The number of para-hydroxylation sites is 1. The molecule has 0 unspecified atom stereocenters. The molecule has 0 saturated carbocycles. The van der Waals surface area contributed by atoms with Crippen LogP contribution in [0.3, 0.4) is 0 Å². The maximum atomic E-state index is 13.2. The number of nitrogens with zero attached hydrogens (tertiary/aromatic N) is 2. The maximum Gasteiger partial charge on any atom is 0.268 e. The average molecular weight is 411 g/mol. The Kier molecular flexibility index (Phi) is 4.96. The van der Waals surface area contributed by atoms with Gasteiger partial charge in [-0.1, -0.05) is 35.9 Å². The molecule has 0 radical (unpaired) electrons. The molecule has 2 aromatic heterocycles. The second-order valence-corrected chi connectivity index (χ2v) is 7.94. The second-order valence-electron chi connectivity index (χ2n) is 6.45. The van der Waals surface area contributed by atoms with Crippen LogP contribution in [0.15, 0.2) is 59.4 Å². The summed E-state index contributed by atoms with van der Waals surface area (Å²) >= 11 is 7.47. The predicted molar refractivity (Wildman–Crippen MR) is 118 cm³/mol. The second kappa shape index (κ2) is 7.41. The van der Waals surface area contributed by atoms with E-state index >= 15 is 0 Å². The van der Waals surface area contributed by atoms with E-state index in [0.717, 1.165) is 21.3 Å². The van der Waals surface area contributed by atoms with Crippen molar-refractivity contribution in [2.24, 2.45) is 0 Å². The SMILES string of the molecule is CCN(C(=O)c1cc2c(=O)n(CC)c3ccccc3c2s1)c1cccc(Cl)c1. The van der Waals surface area contributed by atoms with Crippen molar-refractivity contribution in [2.75, 3.05) is 11.4 Å². The third-order valence-electron chi connectivity index (χ3n) is 4.86. The van der Waals surface area contributed by atoms with Crippen molar-refractivity contribution in [3.05, 3.63) is 74.9 Å². The highest BCUT2D eigenvalue weighted by Crippen LogP contribution is 2.32. The number of hydrogen-bond donors (Lipinski definition) is 0. The van der Waals surface area contributed by atoms with Crippen LogP contribution in [-0.2, 0) is 6.54 Å². The van der Waals surface area contributed by atoms with Gasteiger partial charge in [0.15, 0.2) is 0 Å². The highest BCUT2D eigenvalue weighted by atomic mass is 35.5. The predicted octanol–water partition coefficient (Wildman–Crippen LogP) is 5.56. The number of pyridine rings is 1. The number of anilines is 1. The molecule has 6 heteroatoms. The third-order valence-corrected chi connectivity index (χ3v) is 6.25. The molecule has 142 valence electrons. The van der Waals surface area contributed by atoms with E-state index in [2.05, 4.69) is 0 Å². The molecule has 0 saturated heterocycles. The van der Waals surface area contributed by atoms with Gasteiger partial charge in [0.25, 0.3) is 11.5 Å². The number of carbonyl (C=O) groups is 1. The largest absolute Gasteiger partial charge is 0.308 e. The Morgan fingerprint density at radius 3 is 2.57 bits per heavy atom. The fraction of sp³-hybridized carbons (Fsp3) is 0.182. The molecule has 0 spiro atoms. The molecule has 0 aliphatic heterocycles. The number of benzene rings is 2. The van der Waals surface area contributed by atoms with E-state index in [1.165, 1.54) is 11.3 Å². The number of carbonyl (C=O) groups excluding carboxylic acids is 1. The summed E-state index contributed by atoms with van der Waals surface area (Å²) in [5.41, 5.74) is 1.58. The number of fused-ring (bicyclic) bond motifs is 3. The lowest BCUT2D eigenvalue weighted by Gasteiger charge is -2.20. The molecule has 1 amide bonds. The minimum Gasteiger partial charge on any atom is -0.308 e. The normalized spacial score (nSPS) is 11.2. The van der Waals surface area contributed by atoms with Crippen LogP contribution in [0.25, 0.3) is 21.0 Å². The Balaban J connectivity index is 1.90. The van der Waals surface area contributed by atoms with Gasteiger partial charge in [-0.3, -0.25) is 9.59 Å². The molecular formula is C22H19ClN2O2S. The Labute approximate surface area is 171 Å². The summed E-state index contributed by atoms with van der Waals surface area (Å²) in [5.74, 6) is -0.127. The van der Waals surface area contributed by atoms with Crippen molar-refractivity contribution in [2.45, 2.75) is 20.4 Å². The summed E-state index contributed by atoms with van der Waals surface area (Å²) in [6, 6.07) is 16.8. The van der Waals surface area contributed by atoms with Gasteiger partial charge >= 0.3 is 0 Å². The summed E-state index contributed by atoms with van der Waals surface area (Å²) < 4.78 is 2.61. The Morgan fingerprint density at radius 2 is 1.86 bits per heavy atom. The van der Waals surface area contributed by atoms with Gasteiger partial charge < -0.3 is 9.47 Å². The van der Waals surface area contributed by atoms with Crippen LogP contribution in [0.1, 0.15) is 23.5 Å². The lowest BCUT2D eigenvalue weighted by Crippen LogP contribution is -2.29. The number of aromatic nitrogens is 1. The maximum absolute atomic E-state index is 13.2. The minimum absolute atomic E-state index is 0.0581. The smallest absolute Gasteiger partial charge is 0.268 e. The highest BCUT2D eigenvalue weighted by molar-refractivity contribution is 7.21. The van der Waals surface area contributed by atoms with Crippen molar-refractivity contribution >= 4 is 55.5 Å². The first-order valence-corrected chi connectivity index (χ1v) is 10.4. The molecule has 4 nitrogen and oxygen atoms in total. The van der Waals surface area contributed by atoms with E-state index in [4.69, 9.17) is 11.6 Å². The summed E-state index contributed by atoms with van der Waals surface area (Å²) in [5, 5.41) is 2.17. The standard InChI is InChI=1S/C22H19ClN2O2S/c1-3-24(15-9-7-8-14(23)12-15)22(27)19-13-17-20(28-19)16-10-5-6-11-18(16)25(4-2)21(17)26/h5-13H,3-4H2,1-2H3. The van der Waals surface area contributed by atoms with Gasteiger partial charge in [-0.25, -0.2) is 0 Å². The van der Waals surface area contributed by atoms with E-state index in [-0.39, 0.29) is 11.5 Å². The van der Waals surface area contributed by atoms with Crippen molar-refractivity contribution in [3.63, 3.8) is 0 Å². The molecule has 28 heavy (non-hydrogen) atoms. The van der Waals surface area contributed by atoms with Gasteiger partial charge in [0.2, 0.25) is 0 Å². The van der Waals surface area contributed by atoms with Crippen molar-refractivity contribution < 1.29 is 4.79 Å². The van der Waals surface area contributed by atoms with E-state index in [0.29, 0.717) is 28.4 Å². The molecule has 0 N–H and O–H groups in total. The van der Waals surface area contributed by atoms with E-state index in [1.54, 1.807) is 27.7 Å². The topological polar surface area (TPSA) is 42.3 Å². The van der Waals surface area contributed by atoms with E-state index in [1.807, 2.05) is 50.2 Å². The third kappa shape index (κ3) is 3.01. The lowest BCUT2D eigenvalue weighted by atomic mass is 10.1. The molecule has 0 atom stereocenters. The number of thiophene rings is 1. The molecule has 0 aliphatic carbocycles. The number of amides is 1. The summed E-state index contributed by atoms with van der Waals surface area (Å²) in [4.78, 5) is 28.5. The molecule has 0 fully saturated rings. The Bertz CT molecular complexity index is 1260. The number of aryl methyl sites for hydroxylation is 1. The lowest BCUT2D eigenvalue weighted by molar-refractivity contribution is 0.0992. The number of halogens is 1. The van der Waals surface area contributed by atoms with E-state index < -0.39 is 0 Å². The first kappa shape index (κ1) is 18.7. The molecule has 2 aromatic carbocycles. The van der Waals surface area contributed by atoms with Gasteiger partial charge in [0.05, 0.1) is 15.8 Å². The summed E-state index contributed by atoms with van der Waals surface area (Å²) in [6.07, 6.45) is 0. The van der Waals surface area contributed by atoms with Gasteiger partial charge in [-0.15, -0.1) is 11.3 Å². The van der Waals surface area contributed by atoms with Gasteiger partial charge in [-0.05, 0) is 44.2 Å². The zero-order chi connectivity index (χ0) is 19.8. The molecule has 0 bridgehead atoms. The Morgan fingerprint density at radius 1 is 1.07 bits per heavy atom. The molecule has 4 rings (SSSR count). The number of hydrogen-bond acceptors (Lipinski definition) is 3. The van der Waals surface area contributed by atoms with Gasteiger partial charge in [0.1, 0.15) is 0 Å².